The van der Waals surface area contributed by atoms with Gasteiger partial charge in [0.05, 0.1) is 16.8 Å². The third-order valence-electron chi connectivity index (χ3n) is 14.1. The summed E-state index contributed by atoms with van der Waals surface area (Å²) in [5, 5.41) is 9.76. The van der Waals surface area contributed by atoms with Crippen LogP contribution < -0.4 is 4.90 Å². The third kappa shape index (κ3) is 4.57. The molecule has 0 amide bonds. The maximum Gasteiger partial charge on any atom is 0.136 e. The molecule has 292 valence electrons. The smallest absolute Gasteiger partial charge is 0.136 e. The van der Waals surface area contributed by atoms with Gasteiger partial charge in [-0.1, -0.05) is 188 Å². The topological polar surface area (TPSA) is 16.4 Å². The van der Waals surface area contributed by atoms with Crippen molar-refractivity contribution in [3.8, 4) is 33.4 Å². The summed E-state index contributed by atoms with van der Waals surface area (Å²) >= 11 is 0. The average molecular weight is 800 g/mol. The van der Waals surface area contributed by atoms with Gasteiger partial charge in [-0.2, -0.15) is 0 Å². The highest BCUT2D eigenvalue weighted by atomic mass is 16.3. The molecule has 0 atom stereocenters. The predicted molar refractivity (Wildman–Crippen MR) is 263 cm³/mol. The number of para-hydroxylation sites is 2. The summed E-state index contributed by atoms with van der Waals surface area (Å²) in [6.07, 6.45) is 0. The Morgan fingerprint density at radius 3 is 1.46 bits per heavy atom. The monoisotopic (exact) mass is 799 g/mol. The molecule has 0 aliphatic heterocycles. The zero-order valence-corrected chi connectivity index (χ0v) is 34.2. The van der Waals surface area contributed by atoms with Crippen molar-refractivity contribution in [3.63, 3.8) is 0 Å². The van der Waals surface area contributed by atoms with Crippen LogP contribution in [0.25, 0.3) is 87.6 Å². The lowest BCUT2D eigenvalue weighted by atomic mass is 9.70. The van der Waals surface area contributed by atoms with Gasteiger partial charge in [0, 0.05) is 27.6 Å². The van der Waals surface area contributed by atoms with Gasteiger partial charge in [0.1, 0.15) is 11.2 Å². The Bertz CT molecular complexity index is 3810. The first-order valence-electron chi connectivity index (χ1n) is 21.8. The van der Waals surface area contributed by atoms with Crippen LogP contribution >= 0.6 is 0 Å². The van der Waals surface area contributed by atoms with E-state index >= 15 is 0 Å². The lowest BCUT2D eigenvalue weighted by Crippen LogP contribution is -2.26. The highest BCUT2D eigenvalue weighted by Crippen LogP contribution is 2.65. The molecule has 14 rings (SSSR count). The molecule has 2 heteroatoms. The van der Waals surface area contributed by atoms with E-state index in [0.29, 0.717) is 0 Å². The van der Waals surface area contributed by atoms with Crippen LogP contribution in [0.15, 0.2) is 229 Å². The molecule has 12 aromatic rings. The standard InChI is InChI=1S/C61H37NO/c1-2-19-41-39(17-1)40-18-3-4-20-42(40)50-37-38(35-36-43(41)50)62(55-31-13-8-23-46(55)47-26-15-34-58-59(47)49-25-9-14-33-57(49)63-58)56-32-16-30-54-60(56)48-24-7-12-29-53(48)61(54)51-27-10-5-21-44(51)45-22-6-11-28-52(45)61/h1-37H. The summed E-state index contributed by atoms with van der Waals surface area (Å²) < 4.78 is 6.51. The van der Waals surface area contributed by atoms with Crippen molar-refractivity contribution in [2.75, 3.05) is 4.90 Å². The lowest BCUT2D eigenvalue weighted by Gasteiger charge is -2.32. The Kier molecular flexibility index (Phi) is 7.07. The second-order valence-electron chi connectivity index (χ2n) is 17.0. The van der Waals surface area contributed by atoms with E-state index < -0.39 is 5.41 Å². The van der Waals surface area contributed by atoms with Crippen molar-refractivity contribution >= 4 is 71.3 Å². The molecule has 0 saturated carbocycles. The summed E-state index contributed by atoms with van der Waals surface area (Å²) in [6, 6.07) is 82.9. The minimum atomic E-state index is -0.472. The molecule has 0 saturated heterocycles. The molecule has 1 aromatic heterocycles. The van der Waals surface area contributed by atoms with E-state index in [2.05, 4.69) is 229 Å². The highest BCUT2D eigenvalue weighted by Gasteiger charge is 2.52. The molecule has 1 spiro atoms. The first kappa shape index (κ1) is 34.5. The first-order valence-corrected chi connectivity index (χ1v) is 21.8. The van der Waals surface area contributed by atoms with Crippen LogP contribution in [0.1, 0.15) is 22.3 Å². The molecular formula is C61H37NO. The van der Waals surface area contributed by atoms with Crippen molar-refractivity contribution in [1.82, 2.24) is 0 Å². The SMILES string of the molecule is c1ccc(N(c2ccc3c4ccccc4c4ccccc4c3c2)c2cccc3c2-c2ccccc2C32c3ccccc3-c3ccccc32)c(-c2cccc3oc4ccccc4c23)c1. The molecule has 1 heterocycles. The number of fused-ring (bicyclic) bond motifs is 19. The largest absolute Gasteiger partial charge is 0.456 e. The van der Waals surface area contributed by atoms with Gasteiger partial charge >= 0.3 is 0 Å². The summed E-state index contributed by atoms with van der Waals surface area (Å²) in [4.78, 5) is 2.54. The second kappa shape index (κ2) is 12.9. The zero-order valence-electron chi connectivity index (χ0n) is 34.2. The maximum atomic E-state index is 6.51. The first-order chi connectivity index (χ1) is 31.3. The molecule has 0 unspecified atom stereocenters. The van der Waals surface area contributed by atoms with Crippen LogP contribution in [0, 0.1) is 0 Å². The average Bonchev–Trinajstić information content (AvgIpc) is 3.99. The molecule has 0 bridgehead atoms. The van der Waals surface area contributed by atoms with E-state index in [0.717, 1.165) is 50.1 Å². The Balaban J connectivity index is 1.11. The summed E-state index contributed by atoms with van der Waals surface area (Å²) in [7, 11) is 0. The minimum absolute atomic E-state index is 0.472. The quantitative estimate of drug-likeness (QED) is 0.165. The second-order valence-corrected chi connectivity index (χ2v) is 17.0. The van der Waals surface area contributed by atoms with Crippen molar-refractivity contribution in [2.24, 2.45) is 0 Å². The number of nitrogens with zero attached hydrogens (tertiary/aromatic N) is 1. The van der Waals surface area contributed by atoms with Gasteiger partial charge in [0.15, 0.2) is 0 Å². The van der Waals surface area contributed by atoms with E-state index in [1.54, 1.807) is 0 Å². The van der Waals surface area contributed by atoms with E-state index in [1.807, 2.05) is 0 Å². The zero-order chi connectivity index (χ0) is 41.2. The van der Waals surface area contributed by atoms with Gasteiger partial charge in [-0.05, 0) is 113 Å². The van der Waals surface area contributed by atoms with Gasteiger partial charge in [-0.25, -0.2) is 0 Å². The van der Waals surface area contributed by atoms with E-state index in [9.17, 15) is 0 Å². The van der Waals surface area contributed by atoms with Crippen LogP contribution in [0.2, 0.25) is 0 Å². The number of benzene rings is 11. The molecule has 11 aromatic carbocycles. The molecule has 0 radical (unpaired) electrons. The predicted octanol–water partition coefficient (Wildman–Crippen LogP) is 16.5. The van der Waals surface area contributed by atoms with Gasteiger partial charge in [0.25, 0.3) is 0 Å². The van der Waals surface area contributed by atoms with Crippen molar-refractivity contribution in [1.29, 1.82) is 0 Å². The number of anilines is 3. The van der Waals surface area contributed by atoms with Gasteiger partial charge < -0.3 is 9.32 Å². The fraction of sp³-hybridized carbons (Fsp3) is 0.0164. The molecule has 2 aliphatic rings. The molecule has 63 heavy (non-hydrogen) atoms. The minimum Gasteiger partial charge on any atom is -0.456 e. The Hall–Kier alpha value is -8.20. The molecule has 0 N–H and O–H groups in total. The van der Waals surface area contributed by atoms with Crippen LogP contribution in [0.5, 0.6) is 0 Å². The maximum absolute atomic E-state index is 6.51. The Labute approximate surface area is 364 Å². The normalized spacial score (nSPS) is 13.2. The molecule has 2 aliphatic carbocycles. The van der Waals surface area contributed by atoms with Crippen molar-refractivity contribution in [3.05, 3.63) is 247 Å². The molecule has 0 fully saturated rings. The van der Waals surface area contributed by atoms with Crippen LogP contribution in [0.3, 0.4) is 0 Å². The number of hydrogen-bond donors (Lipinski definition) is 0. The fourth-order valence-corrected chi connectivity index (χ4v) is 11.6. The highest BCUT2D eigenvalue weighted by molar-refractivity contribution is 6.26. The van der Waals surface area contributed by atoms with Gasteiger partial charge in [0.2, 0.25) is 0 Å². The summed E-state index contributed by atoms with van der Waals surface area (Å²) in [5.41, 5.74) is 17.3. The van der Waals surface area contributed by atoms with E-state index in [1.165, 1.54) is 76.8 Å². The van der Waals surface area contributed by atoms with Gasteiger partial charge in [-0.15, -0.1) is 0 Å². The third-order valence-corrected chi connectivity index (χ3v) is 14.1. The van der Waals surface area contributed by atoms with Crippen LogP contribution in [-0.2, 0) is 5.41 Å². The number of hydrogen-bond acceptors (Lipinski definition) is 2. The fourth-order valence-electron chi connectivity index (χ4n) is 11.6. The lowest BCUT2D eigenvalue weighted by molar-refractivity contribution is 0.669. The van der Waals surface area contributed by atoms with E-state index in [-0.39, 0.29) is 0 Å². The number of rotatable bonds is 4. The van der Waals surface area contributed by atoms with E-state index in [4.69, 9.17) is 4.42 Å². The van der Waals surface area contributed by atoms with Crippen molar-refractivity contribution in [2.45, 2.75) is 5.41 Å². The molecule has 2 nitrogen and oxygen atoms in total. The molecular weight excluding hydrogens is 763 g/mol. The van der Waals surface area contributed by atoms with Crippen LogP contribution in [-0.4, -0.2) is 0 Å². The van der Waals surface area contributed by atoms with Crippen molar-refractivity contribution < 1.29 is 4.42 Å². The Morgan fingerprint density at radius 2 is 0.762 bits per heavy atom. The van der Waals surface area contributed by atoms with Crippen LogP contribution in [0.4, 0.5) is 17.1 Å². The number of furan rings is 1. The van der Waals surface area contributed by atoms with Gasteiger partial charge in [-0.3, -0.25) is 0 Å². The summed E-state index contributed by atoms with van der Waals surface area (Å²) in [5.74, 6) is 0. The summed E-state index contributed by atoms with van der Waals surface area (Å²) in [6.45, 7) is 0. The Morgan fingerprint density at radius 1 is 0.302 bits per heavy atom.